The number of carbonyl (C=O) groups excluding carboxylic acids is 1. The van der Waals surface area contributed by atoms with Crippen molar-refractivity contribution in [3.05, 3.63) is 23.5 Å². The molecule has 0 bridgehead atoms. The van der Waals surface area contributed by atoms with Gasteiger partial charge in [0.1, 0.15) is 0 Å². The number of pyridine rings is 1. The van der Waals surface area contributed by atoms with Gasteiger partial charge in [0.2, 0.25) is 0 Å². The Hall–Kier alpha value is -1.33. The van der Waals surface area contributed by atoms with Crippen LogP contribution in [0.4, 0.5) is 10.5 Å². The van der Waals surface area contributed by atoms with E-state index in [1.54, 1.807) is 23.2 Å². The molecule has 1 saturated heterocycles. The molecule has 1 aliphatic rings. The van der Waals surface area contributed by atoms with Crippen molar-refractivity contribution in [2.24, 2.45) is 0 Å². The lowest BCUT2D eigenvalue weighted by Crippen LogP contribution is -2.42. The highest BCUT2D eigenvalue weighted by atomic mass is 35.5. The van der Waals surface area contributed by atoms with Gasteiger partial charge >= 0.3 is 6.03 Å². The number of aromatic nitrogens is 1. The third-order valence-corrected chi connectivity index (χ3v) is 3.05. The zero-order valence-electron chi connectivity index (χ0n) is 9.27. The van der Waals surface area contributed by atoms with Crippen LogP contribution in [-0.4, -0.2) is 40.2 Å². The summed E-state index contributed by atoms with van der Waals surface area (Å²) in [4.78, 5) is 17.4. The lowest BCUT2D eigenvalue weighted by molar-refractivity contribution is 0.0972. The van der Waals surface area contributed by atoms with Crippen LogP contribution in [0.1, 0.15) is 12.8 Å². The number of nitrogens with one attached hydrogen (secondary N) is 1. The van der Waals surface area contributed by atoms with Gasteiger partial charge in [-0.1, -0.05) is 11.6 Å². The van der Waals surface area contributed by atoms with Gasteiger partial charge in [-0.05, 0) is 25.0 Å². The topological polar surface area (TPSA) is 65.5 Å². The third-order valence-electron chi connectivity index (χ3n) is 2.75. The van der Waals surface area contributed by atoms with Gasteiger partial charge in [0.25, 0.3) is 0 Å². The smallest absolute Gasteiger partial charge is 0.321 e. The van der Waals surface area contributed by atoms with Crippen LogP contribution < -0.4 is 5.32 Å². The molecule has 6 heteroatoms. The van der Waals surface area contributed by atoms with Crippen molar-refractivity contribution < 1.29 is 9.90 Å². The Balaban J connectivity index is 1.95. The van der Waals surface area contributed by atoms with E-state index in [-0.39, 0.29) is 17.3 Å². The van der Waals surface area contributed by atoms with E-state index in [1.807, 2.05) is 0 Å². The molecule has 92 valence electrons. The average molecular weight is 256 g/mol. The number of aliphatic hydroxyl groups excluding tert-OH is 1. The van der Waals surface area contributed by atoms with E-state index in [0.717, 1.165) is 0 Å². The maximum Gasteiger partial charge on any atom is 0.321 e. The Morgan fingerprint density at radius 2 is 2.24 bits per heavy atom. The minimum absolute atomic E-state index is 0.202. The van der Waals surface area contributed by atoms with Gasteiger partial charge in [-0.15, -0.1) is 0 Å². The first-order valence-electron chi connectivity index (χ1n) is 5.51. The van der Waals surface area contributed by atoms with Gasteiger partial charge in [-0.3, -0.25) is 0 Å². The van der Waals surface area contributed by atoms with Crippen LogP contribution in [-0.2, 0) is 0 Å². The Morgan fingerprint density at radius 3 is 2.88 bits per heavy atom. The summed E-state index contributed by atoms with van der Waals surface area (Å²) in [5.41, 5.74) is 0.505. The van der Waals surface area contributed by atoms with Crippen LogP contribution >= 0.6 is 11.6 Å². The summed E-state index contributed by atoms with van der Waals surface area (Å²) in [5.74, 6) is 0. The van der Waals surface area contributed by atoms with Crippen molar-refractivity contribution in [2.75, 3.05) is 18.4 Å². The molecule has 2 amide bonds. The molecular weight excluding hydrogens is 242 g/mol. The van der Waals surface area contributed by atoms with Crippen molar-refractivity contribution in [1.82, 2.24) is 9.88 Å². The van der Waals surface area contributed by atoms with E-state index in [2.05, 4.69) is 10.3 Å². The molecule has 1 aromatic heterocycles. The number of piperidine rings is 1. The normalized spacial score (nSPS) is 16.9. The summed E-state index contributed by atoms with van der Waals surface area (Å²) in [6, 6.07) is 3.21. The van der Waals surface area contributed by atoms with Crippen LogP contribution in [0.25, 0.3) is 0 Å². The summed E-state index contributed by atoms with van der Waals surface area (Å²) in [7, 11) is 0. The molecule has 0 atom stereocenters. The van der Waals surface area contributed by atoms with Crippen molar-refractivity contribution in [2.45, 2.75) is 18.9 Å². The maximum absolute atomic E-state index is 11.9. The van der Waals surface area contributed by atoms with Crippen molar-refractivity contribution >= 4 is 23.3 Å². The average Bonchev–Trinajstić information content (AvgIpc) is 2.33. The Kier molecular flexibility index (Phi) is 3.81. The first-order chi connectivity index (χ1) is 8.16. The number of carbonyl (C=O) groups is 1. The molecule has 0 spiro atoms. The molecule has 0 aliphatic carbocycles. The van der Waals surface area contributed by atoms with E-state index >= 15 is 0 Å². The number of rotatable bonds is 1. The summed E-state index contributed by atoms with van der Waals surface area (Å²) in [6.45, 7) is 1.12. The van der Waals surface area contributed by atoms with Crippen molar-refractivity contribution in [3.63, 3.8) is 0 Å². The fraction of sp³-hybridized carbons (Fsp3) is 0.455. The minimum Gasteiger partial charge on any atom is -0.393 e. The molecular formula is C11H14ClN3O2. The highest BCUT2D eigenvalue weighted by Crippen LogP contribution is 2.19. The fourth-order valence-corrected chi connectivity index (χ4v) is 1.91. The second-order valence-corrected chi connectivity index (χ2v) is 4.35. The van der Waals surface area contributed by atoms with Crippen LogP contribution in [0.15, 0.2) is 18.3 Å². The Bertz CT molecular complexity index is 405. The second-order valence-electron chi connectivity index (χ2n) is 3.99. The van der Waals surface area contributed by atoms with Crippen LogP contribution in [0, 0.1) is 0 Å². The molecule has 2 heterocycles. The second kappa shape index (κ2) is 5.33. The van der Waals surface area contributed by atoms with Gasteiger partial charge in [-0.25, -0.2) is 9.78 Å². The van der Waals surface area contributed by atoms with E-state index in [4.69, 9.17) is 11.6 Å². The highest BCUT2D eigenvalue weighted by molar-refractivity contribution is 6.32. The fourth-order valence-electron chi connectivity index (χ4n) is 1.74. The molecule has 2 N–H and O–H groups in total. The maximum atomic E-state index is 11.9. The van der Waals surface area contributed by atoms with E-state index in [9.17, 15) is 9.90 Å². The molecule has 0 unspecified atom stereocenters. The van der Waals surface area contributed by atoms with Crippen LogP contribution in [0.2, 0.25) is 5.15 Å². The number of anilines is 1. The number of hydrogen-bond donors (Lipinski definition) is 2. The number of hydrogen-bond acceptors (Lipinski definition) is 3. The third kappa shape index (κ3) is 3.08. The molecule has 1 fully saturated rings. The van der Waals surface area contributed by atoms with Crippen LogP contribution in [0.3, 0.4) is 0 Å². The Morgan fingerprint density at radius 1 is 1.53 bits per heavy atom. The lowest BCUT2D eigenvalue weighted by atomic mass is 10.1. The molecule has 17 heavy (non-hydrogen) atoms. The van der Waals surface area contributed by atoms with E-state index in [0.29, 0.717) is 31.6 Å². The first-order valence-corrected chi connectivity index (χ1v) is 5.89. The monoisotopic (exact) mass is 255 g/mol. The quantitative estimate of drug-likeness (QED) is 0.751. The number of halogens is 1. The molecule has 1 aromatic rings. The SMILES string of the molecule is O=C(Nc1cccnc1Cl)N1CCC(O)CC1. The standard InChI is InChI=1S/C11H14ClN3O2/c12-10-9(2-1-5-13-10)14-11(17)15-6-3-8(16)4-7-15/h1-2,5,8,16H,3-4,6-7H2,(H,14,17). The zero-order chi connectivity index (χ0) is 12.3. The molecule has 0 aromatic carbocycles. The predicted molar refractivity (Wildman–Crippen MR) is 65.1 cm³/mol. The number of aliphatic hydroxyl groups is 1. The van der Waals surface area contributed by atoms with Gasteiger partial charge in [0, 0.05) is 19.3 Å². The van der Waals surface area contributed by atoms with Gasteiger partial charge in [0.05, 0.1) is 11.8 Å². The van der Waals surface area contributed by atoms with E-state index < -0.39 is 0 Å². The molecule has 0 radical (unpaired) electrons. The van der Waals surface area contributed by atoms with Gasteiger partial charge in [0.15, 0.2) is 5.15 Å². The number of nitrogens with zero attached hydrogens (tertiary/aromatic N) is 2. The van der Waals surface area contributed by atoms with Gasteiger partial charge < -0.3 is 15.3 Å². The predicted octanol–water partition coefficient (Wildman–Crippen LogP) is 1.72. The first kappa shape index (κ1) is 12.1. The molecule has 1 aliphatic heterocycles. The van der Waals surface area contributed by atoms with Crippen molar-refractivity contribution in [3.8, 4) is 0 Å². The van der Waals surface area contributed by atoms with Crippen LogP contribution in [0.5, 0.6) is 0 Å². The molecule has 2 rings (SSSR count). The summed E-state index contributed by atoms with van der Waals surface area (Å²) < 4.78 is 0. The Labute approximate surface area is 104 Å². The van der Waals surface area contributed by atoms with Crippen molar-refractivity contribution in [1.29, 1.82) is 0 Å². The highest BCUT2D eigenvalue weighted by Gasteiger charge is 2.21. The number of urea groups is 1. The number of likely N-dealkylation sites (tertiary alicyclic amines) is 1. The zero-order valence-corrected chi connectivity index (χ0v) is 10.0. The molecule has 0 saturated carbocycles. The van der Waals surface area contributed by atoms with E-state index in [1.165, 1.54) is 0 Å². The summed E-state index contributed by atoms with van der Waals surface area (Å²) in [5, 5.41) is 12.3. The lowest BCUT2D eigenvalue weighted by Gasteiger charge is -2.29. The number of amides is 2. The summed E-state index contributed by atoms with van der Waals surface area (Å²) in [6.07, 6.45) is 2.51. The largest absolute Gasteiger partial charge is 0.393 e. The van der Waals surface area contributed by atoms with Gasteiger partial charge in [-0.2, -0.15) is 0 Å². The molecule has 5 nitrogen and oxygen atoms in total. The summed E-state index contributed by atoms with van der Waals surface area (Å²) >= 11 is 5.85. The minimum atomic E-state index is -0.291.